The molecule has 0 saturated carbocycles. The lowest BCUT2D eigenvalue weighted by atomic mass is 9.88. The van der Waals surface area contributed by atoms with Crippen LogP contribution in [0.15, 0.2) is 78.9 Å². The average molecular weight is 356 g/mol. The Bertz CT molecular complexity index is 861. The van der Waals surface area contributed by atoms with E-state index < -0.39 is 0 Å². The number of fused-ring (bicyclic) bond motifs is 1. The van der Waals surface area contributed by atoms with Crippen molar-refractivity contribution in [3.63, 3.8) is 0 Å². The second-order valence-electron chi connectivity index (χ2n) is 7.19. The van der Waals surface area contributed by atoms with Crippen LogP contribution in [-0.4, -0.2) is 5.97 Å². The number of hydrogen-bond donors (Lipinski definition) is 0. The van der Waals surface area contributed by atoms with Crippen molar-refractivity contribution in [1.82, 2.24) is 0 Å². The maximum atomic E-state index is 12.7. The predicted octanol–water partition coefficient (Wildman–Crippen LogP) is 5.69. The molecule has 0 fully saturated rings. The zero-order chi connectivity index (χ0) is 18.5. The van der Waals surface area contributed by atoms with Crippen LogP contribution in [-0.2, 0) is 17.6 Å². The van der Waals surface area contributed by atoms with Crippen LogP contribution in [0.25, 0.3) is 0 Å². The van der Waals surface area contributed by atoms with E-state index >= 15 is 0 Å². The normalized spacial score (nSPS) is 13.2. The van der Waals surface area contributed by atoms with Crippen molar-refractivity contribution in [2.75, 3.05) is 0 Å². The summed E-state index contributed by atoms with van der Waals surface area (Å²) in [5.41, 5.74) is 4.99. The summed E-state index contributed by atoms with van der Waals surface area (Å²) in [4.78, 5) is 12.7. The highest BCUT2D eigenvalue weighted by atomic mass is 16.5. The molecule has 0 saturated heterocycles. The van der Waals surface area contributed by atoms with E-state index in [0.29, 0.717) is 12.2 Å². The van der Waals surface area contributed by atoms with E-state index in [1.54, 1.807) is 0 Å². The summed E-state index contributed by atoms with van der Waals surface area (Å²) >= 11 is 0. The minimum Gasteiger partial charge on any atom is -0.426 e. The van der Waals surface area contributed by atoms with Gasteiger partial charge in [0.2, 0.25) is 0 Å². The lowest BCUT2D eigenvalue weighted by molar-refractivity contribution is -0.134. The van der Waals surface area contributed by atoms with Crippen LogP contribution in [0.2, 0.25) is 0 Å². The fourth-order valence-electron chi connectivity index (χ4n) is 3.91. The fraction of sp³-hybridized carbons (Fsp3) is 0.240. The first-order valence-electron chi connectivity index (χ1n) is 9.72. The summed E-state index contributed by atoms with van der Waals surface area (Å²) in [6.45, 7) is 0. The van der Waals surface area contributed by atoms with Gasteiger partial charge in [-0.3, -0.25) is 4.79 Å². The molecule has 0 amide bonds. The number of benzene rings is 3. The summed E-state index contributed by atoms with van der Waals surface area (Å²) in [6.07, 6.45) is 5.01. The monoisotopic (exact) mass is 356 g/mol. The minimum absolute atomic E-state index is 0.00229. The molecule has 0 radical (unpaired) electrons. The van der Waals surface area contributed by atoms with Crippen LogP contribution in [0.1, 0.15) is 47.4 Å². The van der Waals surface area contributed by atoms with Crippen molar-refractivity contribution < 1.29 is 9.53 Å². The molecule has 3 aromatic rings. The number of carbonyl (C=O) groups is 1. The van der Waals surface area contributed by atoms with E-state index in [2.05, 4.69) is 30.3 Å². The van der Waals surface area contributed by atoms with Crippen LogP contribution in [0, 0.1) is 0 Å². The largest absolute Gasteiger partial charge is 0.426 e. The number of carbonyl (C=O) groups excluding carboxylic acids is 1. The summed E-state index contributed by atoms with van der Waals surface area (Å²) in [6, 6.07) is 26.4. The molecule has 2 nitrogen and oxygen atoms in total. The third kappa shape index (κ3) is 4.28. The summed E-state index contributed by atoms with van der Waals surface area (Å²) in [7, 11) is 0. The Morgan fingerprint density at radius 2 is 1.37 bits per heavy atom. The van der Waals surface area contributed by atoms with Gasteiger partial charge in [-0.15, -0.1) is 0 Å². The van der Waals surface area contributed by atoms with Crippen LogP contribution in [0.3, 0.4) is 0 Å². The Hall–Kier alpha value is -2.87. The highest BCUT2D eigenvalue weighted by Gasteiger charge is 2.20. The Labute approximate surface area is 160 Å². The second kappa shape index (κ2) is 8.22. The molecule has 0 heterocycles. The van der Waals surface area contributed by atoms with E-state index in [1.807, 2.05) is 48.5 Å². The molecule has 0 bridgehead atoms. The van der Waals surface area contributed by atoms with Gasteiger partial charge in [0.05, 0.1) is 6.42 Å². The number of ether oxygens (including phenoxy) is 1. The van der Waals surface area contributed by atoms with Gasteiger partial charge in [0.1, 0.15) is 5.75 Å². The maximum absolute atomic E-state index is 12.7. The van der Waals surface area contributed by atoms with Gasteiger partial charge in [-0.1, -0.05) is 66.7 Å². The van der Waals surface area contributed by atoms with E-state index in [4.69, 9.17) is 4.74 Å². The smallest absolute Gasteiger partial charge is 0.312 e. The highest BCUT2D eigenvalue weighted by molar-refractivity contribution is 5.74. The molecule has 0 spiro atoms. The second-order valence-corrected chi connectivity index (χ2v) is 7.19. The third-order valence-corrected chi connectivity index (χ3v) is 5.33. The number of hydrogen-bond acceptors (Lipinski definition) is 2. The molecule has 0 aromatic heterocycles. The molecular formula is C25H24O2. The first-order chi connectivity index (χ1) is 13.3. The van der Waals surface area contributed by atoms with Crippen LogP contribution >= 0.6 is 0 Å². The first-order valence-corrected chi connectivity index (χ1v) is 9.72. The van der Waals surface area contributed by atoms with Crippen molar-refractivity contribution >= 4 is 5.97 Å². The van der Waals surface area contributed by atoms with Crippen molar-refractivity contribution in [3.8, 4) is 5.75 Å². The van der Waals surface area contributed by atoms with Crippen molar-refractivity contribution in [3.05, 3.63) is 101 Å². The molecule has 0 N–H and O–H groups in total. The maximum Gasteiger partial charge on any atom is 0.312 e. The molecular weight excluding hydrogens is 332 g/mol. The van der Waals surface area contributed by atoms with Gasteiger partial charge in [-0.2, -0.15) is 0 Å². The summed E-state index contributed by atoms with van der Waals surface area (Å²) < 4.78 is 5.72. The molecule has 27 heavy (non-hydrogen) atoms. The predicted molar refractivity (Wildman–Crippen MR) is 108 cm³/mol. The van der Waals surface area contributed by atoms with Crippen LogP contribution in [0.4, 0.5) is 0 Å². The van der Waals surface area contributed by atoms with Crippen molar-refractivity contribution in [1.29, 1.82) is 0 Å². The van der Waals surface area contributed by atoms with Crippen LogP contribution in [0.5, 0.6) is 5.75 Å². The van der Waals surface area contributed by atoms with Crippen LogP contribution < -0.4 is 4.74 Å². The average Bonchev–Trinajstić information content (AvgIpc) is 2.73. The molecule has 3 aromatic carbocycles. The lowest BCUT2D eigenvalue weighted by Gasteiger charge is -2.19. The summed E-state index contributed by atoms with van der Waals surface area (Å²) in [5, 5.41) is 0. The first kappa shape index (κ1) is 17.5. The van der Waals surface area contributed by atoms with Gasteiger partial charge >= 0.3 is 5.97 Å². The molecule has 2 heteroatoms. The quantitative estimate of drug-likeness (QED) is 0.433. The number of aryl methyl sites for hydroxylation is 2. The van der Waals surface area contributed by atoms with Crippen molar-refractivity contribution in [2.24, 2.45) is 0 Å². The lowest BCUT2D eigenvalue weighted by Crippen LogP contribution is -2.14. The molecule has 0 unspecified atom stereocenters. The molecule has 136 valence electrons. The molecule has 1 aliphatic rings. The Morgan fingerprint density at radius 3 is 2.00 bits per heavy atom. The van der Waals surface area contributed by atoms with E-state index in [1.165, 1.54) is 24.0 Å². The van der Waals surface area contributed by atoms with E-state index in [-0.39, 0.29) is 11.9 Å². The Morgan fingerprint density at radius 1 is 0.778 bits per heavy atom. The zero-order valence-corrected chi connectivity index (χ0v) is 15.4. The third-order valence-electron chi connectivity index (χ3n) is 5.33. The van der Waals surface area contributed by atoms with E-state index in [9.17, 15) is 4.79 Å². The zero-order valence-electron chi connectivity index (χ0n) is 15.4. The minimum atomic E-state index is -0.191. The summed E-state index contributed by atoms with van der Waals surface area (Å²) in [5.74, 6) is 0.474. The highest BCUT2D eigenvalue weighted by Crippen LogP contribution is 2.30. The molecule has 0 aliphatic heterocycles. The van der Waals surface area contributed by atoms with Gasteiger partial charge in [0, 0.05) is 5.92 Å². The fourth-order valence-corrected chi connectivity index (χ4v) is 3.91. The van der Waals surface area contributed by atoms with Gasteiger partial charge < -0.3 is 4.74 Å². The SMILES string of the molecule is O=C(CC(c1ccccc1)c1ccccc1)Oc1ccc2c(c1)CCCC2. The molecule has 4 rings (SSSR count). The van der Waals surface area contributed by atoms with Crippen molar-refractivity contribution in [2.45, 2.75) is 38.0 Å². The van der Waals surface area contributed by atoms with Gasteiger partial charge in [0.15, 0.2) is 0 Å². The van der Waals surface area contributed by atoms with Gasteiger partial charge in [-0.05, 0) is 60.1 Å². The standard InChI is InChI=1S/C25H24O2/c26-25(27-23-16-15-19-9-7-8-14-22(19)17-23)18-24(20-10-3-1-4-11-20)21-12-5-2-6-13-21/h1-6,10-13,15-17,24H,7-9,14,18H2. The Balaban J connectivity index is 1.52. The molecule has 0 atom stereocenters. The number of esters is 1. The topological polar surface area (TPSA) is 26.3 Å². The van der Waals surface area contributed by atoms with Gasteiger partial charge in [0.25, 0.3) is 0 Å². The molecule has 1 aliphatic carbocycles. The van der Waals surface area contributed by atoms with E-state index in [0.717, 1.165) is 24.0 Å². The van der Waals surface area contributed by atoms with Gasteiger partial charge in [-0.25, -0.2) is 0 Å². The Kier molecular flexibility index (Phi) is 5.34. The number of rotatable bonds is 5.